The Bertz CT molecular complexity index is 445. The smallest absolute Gasteiger partial charge is 0.271 e. The fourth-order valence-electron chi connectivity index (χ4n) is 2.68. The Labute approximate surface area is 108 Å². The van der Waals surface area contributed by atoms with Gasteiger partial charge in [0.1, 0.15) is 0 Å². The van der Waals surface area contributed by atoms with Crippen LogP contribution in [0, 0.1) is 23.0 Å². The van der Waals surface area contributed by atoms with Gasteiger partial charge in [-0.2, -0.15) is 0 Å². The molecule has 2 unspecified atom stereocenters. The standard InChI is InChI=1S/C14H20N2O2/c1-3-11-5-6-12(8-11)15-14-9-13(16(17)18)7-4-10(14)2/h4,7,9,11-12,15H,3,5-6,8H2,1-2H3. The molecule has 2 rings (SSSR count). The molecule has 0 heterocycles. The third kappa shape index (κ3) is 2.81. The molecule has 1 saturated carbocycles. The van der Waals surface area contributed by atoms with Crippen molar-refractivity contribution in [2.75, 3.05) is 5.32 Å². The summed E-state index contributed by atoms with van der Waals surface area (Å²) in [6.45, 7) is 4.21. The Morgan fingerprint density at radius 2 is 2.22 bits per heavy atom. The molecular formula is C14H20N2O2. The minimum atomic E-state index is -0.339. The van der Waals surface area contributed by atoms with Crippen LogP contribution in [0.4, 0.5) is 11.4 Å². The highest BCUT2D eigenvalue weighted by Gasteiger charge is 2.23. The highest BCUT2D eigenvalue weighted by Crippen LogP contribution is 2.31. The topological polar surface area (TPSA) is 55.2 Å². The second-order valence-electron chi connectivity index (χ2n) is 5.18. The molecular weight excluding hydrogens is 228 g/mol. The fraction of sp³-hybridized carbons (Fsp3) is 0.571. The van der Waals surface area contributed by atoms with Crippen LogP contribution in [0.1, 0.15) is 38.2 Å². The summed E-state index contributed by atoms with van der Waals surface area (Å²) in [5, 5.41) is 14.2. The van der Waals surface area contributed by atoms with Gasteiger partial charge in [0, 0.05) is 23.9 Å². The number of benzene rings is 1. The molecule has 0 saturated heterocycles. The van der Waals surface area contributed by atoms with Gasteiger partial charge in [0.25, 0.3) is 5.69 Å². The van der Waals surface area contributed by atoms with Crippen LogP contribution in [-0.2, 0) is 0 Å². The molecule has 98 valence electrons. The van der Waals surface area contributed by atoms with E-state index in [0.717, 1.165) is 17.2 Å². The monoisotopic (exact) mass is 248 g/mol. The number of aryl methyl sites for hydroxylation is 1. The molecule has 1 aliphatic carbocycles. The number of anilines is 1. The van der Waals surface area contributed by atoms with E-state index in [1.165, 1.54) is 25.7 Å². The molecule has 1 N–H and O–H groups in total. The van der Waals surface area contributed by atoms with Gasteiger partial charge in [0.2, 0.25) is 0 Å². The summed E-state index contributed by atoms with van der Waals surface area (Å²) in [5.74, 6) is 0.807. The van der Waals surface area contributed by atoms with Crippen LogP contribution >= 0.6 is 0 Å². The Morgan fingerprint density at radius 1 is 1.44 bits per heavy atom. The summed E-state index contributed by atoms with van der Waals surface area (Å²) in [5.41, 5.74) is 2.14. The average molecular weight is 248 g/mol. The van der Waals surface area contributed by atoms with Gasteiger partial charge in [-0.15, -0.1) is 0 Å². The van der Waals surface area contributed by atoms with E-state index in [1.807, 2.05) is 13.0 Å². The van der Waals surface area contributed by atoms with Crippen LogP contribution in [0.15, 0.2) is 18.2 Å². The molecule has 0 radical (unpaired) electrons. The number of nitrogens with zero attached hydrogens (tertiary/aromatic N) is 1. The van der Waals surface area contributed by atoms with E-state index in [1.54, 1.807) is 12.1 Å². The van der Waals surface area contributed by atoms with Crippen molar-refractivity contribution in [2.24, 2.45) is 5.92 Å². The predicted octanol–water partition coefficient (Wildman–Crippen LogP) is 3.89. The summed E-state index contributed by atoms with van der Waals surface area (Å²) in [4.78, 5) is 10.4. The molecule has 0 amide bonds. The number of hydrogen-bond donors (Lipinski definition) is 1. The van der Waals surface area contributed by atoms with E-state index >= 15 is 0 Å². The molecule has 2 atom stereocenters. The van der Waals surface area contributed by atoms with Crippen LogP contribution in [-0.4, -0.2) is 11.0 Å². The molecule has 0 aliphatic heterocycles. The lowest BCUT2D eigenvalue weighted by molar-refractivity contribution is -0.384. The zero-order valence-electron chi connectivity index (χ0n) is 11.0. The second kappa shape index (κ2) is 5.38. The van der Waals surface area contributed by atoms with Crippen molar-refractivity contribution in [3.8, 4) is 0 Å². The van der Waals surface area contributed by atoms with Gasteiger partial charge in [0.05, 0.1) is 4.92 Å². The lowest BCUT2D eigenvalue weighted by Crippen LogP contribution is -2.16. The van der Waals surface area contributed by atoms with E-state index in [9.17, 15) is 10.1 Å². The number of non-ortho nitro benzene ring substituents is 1. The van der Waals surface area contributed by atoms with Crippen molar-refractivity contribution in [3.63, 3.8) is 0 Å². The van der Waals surface area contributed by atoms with Crippen LogP contribution < -0.4 is 5.32 Å². The number of rotatable bonds is 4. The third-order valence-electron chi connectivity index (χ3n) is 3.91. The zero-order chi connectivity index (χ0) is 13.1. The first-order valence-electron chi connectivity index (χ1n) is 6.61. The Kier molecular flexibility index (Phi) is 3.84. The quantitative estimate of drug-likeness (QED) is 0.649. The number of nitrogens with one attached hydrogen (secondary N) is 1. The molecule has 0 bridgehead atoms. The van der Waals surface area contributed by atoms with Gasteiger partial charge < -0.3 is 5.32 Å². The summed E-state index contributed by atoms with van der Waals surface area (Å²) < 4.78 is 0. The SMILES string of the molecule is CCC1CCC(Nc2cc([N+](=O)[O-])ccc2C)C1. The van der Waals surface area contributed by atoms with Crippen LogP contribution in [0.25, 0.3) is 0 Å². The number of hydrogen-bond acceptors (Lipinski definition) is 3. The molecule has 0 spiro atoms. The molecule has 1 aliphatic rings. The van der Waals surface area contributed by atoms with Gasteiger partial charge in [-0.1, -0.05) is 19.4 Å². The fourth-order valence-corrected chi connectivity index (χ4v) is 2.68. The van der Waals surface area contributed by atoms with Crippen molar-refractivity contribution >= 4 is 11.4 Å². The lowest BCUT2D eigenvalue weighted by Gasteiger charge is -2.16. The molecule has 1 aromatic rings. The predicted molar refractivity (Wildman–Crippen MR) is 72.9 cm³/mol. The highest BCUT2D eigenvalue weighted by molar-refractivity contribution is 5.57. The lowest BCUT2D eigenvalue weighted by atomic mass is 10.1. The van der Waals surface area contributed by atoms with Gasteiger partial charge in [-0.25, -0.2) is 0 Å². The first-order valence-corrected chi connectivity index (χ1v) is 6.61. The molecule has 0 aromatic heterocycles. The first-order chi connectivity index (χ1) is 8.60. The summed E-state index contributed by atoms with van der Waals surface area (Å²) in [6.07, 6.45) is 4.84. The maximum Gasteiger partial charge on any atom is 0.271 e. The molecule has 4 nitrogen and oxygen atoms in total. The third-order valence-corrected chi connectivity index (χ3v) is 3.91. The van der Waals surface area contributed by atoms with Crippen LogP contribution in [0.5, 0.6) is 0 Å². The Morgan fingerprint density at radius 3 is 2.83 bits per heavy atom. The summed E-state index contributed by atoms with van der Waals surface area (Å²) in [6, 6.07) is 5.49. The van der Waals surface area contributed by atoms with Crippen molar-refractivity contribution in [3.05, 3.63) is 33.9 Å². The minimum Gasteiger partial charge on any atom is -0.382 e. The van der Waals surface area contributed by atoms with Gasteiger partial charge >= 0.3 is 0 Å². The summed E-state index contributed by atoms with van der Waals surface area (Å²) in [7, 11) is 0. The number of nitro benzene ring substituents is 1. The maximum absolute atomic E-state index is 10.8. The van der Waals surface area contributed by atoms with Gasteiger partial charge in [0.15, 0.2) is 0 Å². The molecule has 18 heavy (non-hydrogen) atoms. The van der Waals surface area contributed by atoms with Crippen LogP contribution in [0.2, 0.25) is 0 Å². The Hall–Kier alpha value is -1.58. The van der Waals surface area contributed by atoms with Crippen molar-refractivity contribution in [1.29, 1.82) is 0 Å². The van der Waals surface area contributed by atoms with Crippen molar-refractivity contribution < 1.29 is 4.92 Å². The second-order valence-corrected chi connectivity index (χ2v) is 5.18. The van der Waals surface area contributed by atoms with Gasteiger partial charge in [-0.3, -0.25) is 10.1 Å². The van der Waals surface area contributed by atoms with Crippen molar-refractivity contribution in [1.82, 2.24) is 0 Å². The van der Waals surface area contributed by atoms with E-state index < -0.39 is 0 Å². The van der Waals surface area contributed by atoms with Crippen LogP contribution in [0.3, 0.4) is 0 Å². The average Bonchev–Trinajstić information content (AvgIpc) is 2.79. The van der Waals surface area contributed by atoms with E-state index in [4.69, 9.17) is 0 Å². The van der Waals surface area contributed by atoms with E-state index in [0.29, 0.717) is 6.04 Å². The molecule has 1 aromatic carbocycles. The number of nitro groups is 1. The minimum absolute atomic E-state index is 0.160. The summed E-state index contributed by atoms with van der Waals surface area (Å²) >= 11 is 0. The first kappa shape index (κ1) is 12.9. The van der Waals surface area contributed by atoms with E-state index in [-0.39, 0.29) is 10.6 Å². The van der Waals surface area contributed by atoms with Gasteiger partial charge in [-0.05, 0) is 37.7 Å². The normalized spacial score (nSPS) is 23.0. The van der Waals surface area contributed by atoms with Crippen molar-refractivity contribution in [2.45, 2.75) is 45.6 Å². The maximum atomic E-state index is 10.8. The van der Waals surface area contributed by atoms with E-state index in [2.05, 4.69) is 12.2 Å². The molecule has 1 fully saturated rings. The molecule has 4 heteroatoms. The largest absolute Gasteiger partial charge is 0.382 e. The zero-order valence-corrected chi connectivity index (χ0v) is 11.0. The Balaban J connectivity index is 2.09. The highest BCUT2D eigenvalue weighted by atomic mass is 16.6.